The molecule has 1 atom stereocenters. The van der Waals surface area contributed by atoms with E-state index in [1.54, 1.807) is 32.1 Å². The number of fused-ring (bicyclic) bond motifs is 1. The maximum atomic E-state index is 13.0. The van der Waals surface area contributed by atoms with Gasteiger partial charge in [0.05, 0.1) is 24.5 Å². The molecule has 0 radical (unpaired) electrons. The highest BCUT2D eigenvalue weighted by molar-refractivity contribution is 7.07. The zero-order valence-corrected chi connectivity index (χ0v) is 16.7. The van der Waals surface area contributed by atoms with Crippen molar-refractivity contribution in [3.63, 3.8) is 0 Å². The molecule has 1 aliphatic rings. The highest BCUT2D eigenvalue weighted by Gasteiger charge is 2.34. The lowest BCUT2D eigenvalue weighted by Gasteiger charge is -2.20. The number of nitro groups is 1. The van der Waals surface area contributed by atoms with Crippen molar-refractivity contribution in [2.45, 2.75) is 19.9 Å². The summed E-state index contributed by atoms with van der Waals surface area (Å²) in [4.78, 5) is 40.8. The van der Waals surface area contributed by atoms with E-state index >= 15 is 0 Å². The van der Waals surface area contributed by atoms with Crippen LogP contribution < -0.4 is 14.9 Å². The van der Waals surface area contributed by atoms with Crippen LogP contribution in [-0.4, -0.2) is 22.1 Å². The van der Waals surface area contributed by atoms with Crippen LogP contribution in [0.3, 0.4) is 0 Å². The third-order valence-corrected chi connectivity index (χ3v) is 5.40. The molecule has 10 nitrogen and oxygen atoms in total. The monoisotopic (exact) mass is 429 g/mol. The van der Waals surface area contributed by atoms with Gasteiger partial charge in [0.1, 0.15) is 27.0 Å². The molecule has 0 spiro atoms. The fourth-order valence-electron chi connectivity index (χ4n) is 3.11. The van der Waals surface area contributed by atoms with Gasteiger partial charge in [-0.15, -0.1) is 0 Å². The normalized spacial score (nSPS) is 16.3. The zero-order chi connectivity index (χ0) is 21.4. The van der Waals surface area contributed by atoms with Crippen molar-refractivity contribution in [2.75, 3.05) is 6.61 Å². The van der Waals surface area contributed by atoms with Crippen LogP contribution in [0.15, 0.2) is 54.7 Å². The number of hydrogen-bond acceptors (Lipinski definition) is 9. The molecule has 3 aromatic heterocycles. The second kappa shape index (κ2) is 7.59. The van der Waals surface area contributed by atoms with E-state index in [9.17, 15) is 19.7 Å². The molecular formula is C19H15N3O7S. The molecule has 0 bridgehead atoms. The van der Waals surface area contributed by atoms with E-state index in [-0.39, 0.29) is 23.5 Å². The molecule has 0 aliphatic carbocycles. The van der Waals surface area contributed by atoms with Crippen molar-refractivity contribution in [1.29, 1.82) is 0 Å². The SMILES string of the molecule is CCOC(=O)C1=C(C)n2c(s/c(=C/c3ccco3)c2=O)=N[C@H]1c1ccc([N+](=O)[O-])o1. The predicted molar refractivity (Wildman–Crippen MR) is 105 cm³/mol. The van der Waals surface area contributed by atoms with Crippen molar-refractivity contribution < 1.29 is 23.3 Å². The topological polar surface area (TPSA) is 130 Å². The number of hydrogen-bond donors (Lipinski definition) is 0. The maximum Gasteiger partial charge on any atom is 0.433 e. The summed E-state index contributed by atoms with van der Waals surface area (Å²) in [6.45, 7) is 3.36. The van der Waals surface area contributed by atoms with Crippen LogP contribution in [0.25, 0.3) is 11.8 Å². The van der Waals surface area contributed by atoms with E-state index in [0.29, 0.717) is 20.8 Å². The molecule has 0 saturated heterocycles. The summed E-state index contributed by atoms with van der Waals surface area (Å²) in [5.41, 5.74) is 0.0409. The molecule has 0 saturated carbocycles. The Balaban J connectivity index is 1.94. The average molecular weight is 429 g/mol. The second-order valence-corrected chi connectivity index (χ2v) is 7.24. The standard InChI is InChI=1S/C19H15N3O7S/c1-3-27-18(24)15-10(2)21-17(23)13(9-11-5-4-8-28-11)30-19(21)20-16(15)12-6-7-14(29-12)22(25)26/h4-9,16H,3H2,1-2H3/b13-9+/t16-/m0/s1. The van der Waals surface area contributed by atoms with Gasteiger partial charge in [0.2, 0.25) is 0 Å². The van der Waals surface area contributed by atoms with Gasteiger partial charge in [0, 0.05) is 11.8 Å². The van der Waals surface area contributed by atoms with Crippen molar-refractivity contribution in [3.05, 3.63) is 77.4 Å². The van der Waals surface area contributed by atoms with Gasteiger partial charge in [0.25, 0.3) is 5.56 Å². The molecule has 0 unspecified atom stereocenters. The third kappa shape index (κ3) is 3.28. The molecule has 0 fully saturated rings. The number of esters is 1. The Morgan fingerprint density at radius 3 is 2.87 bits per heavy atom. The first-order valence-electron chi connectivity index (χ1n) is 8.88. The molecule has 1 aliphatic heterocycles. The van der Waals surface area contributed by atoms with Gasteiger partial charge in [-0.1, -0.05) is 11.3 Å². The van der Waals surface area contributed by atoms with E-state index in [2.05, 4.69) is 4.99 Å². The summed E-state index contributed by atoms with van der Waals surface area (Å²) in [6, 6.07) is 5.00. The minimum absolute atomic E-state index is 0.0815. The van der Waals surface area contributed by atoms with Gasteiger partial charge in [-0.25, -0.2) is 9.79 Å². The lowest BCUT2D eigenvalue weighted by molar-refractivity contribution is -0.402. The van der Waals surface area contributed by atoms with E-state index in [4.69, 9.17) is 13.6 Å². The Labute approximate surface area is 172 Å². The van der Waals surface area contributed by atoms with Crippen molar-refractivity contribution in [2.24, 2.45) is 4.99 Å². The Kier molecular flexibility index (Phi) is 4.96. The summed E-state index contributed by atoms with van der Waals surface area (Å²) in [5.74, 6) is -0.547. The molecule has 3 aromatic rings. The first-order valence-corrected chi connectivity index (χ1v) is 9.69. The smallest absolute Gasteiger partial charge is 0.433 e. The van der Waals surface area contributed by atoms with Crippen molar-refractivity contribution in [3.8, 4) is 0 Å². The minimum atomic E-state index is -0.979. The second-order valence-electron chi connectivity index (χ2n) is 6.23. The van der Waals surface area contributed by atoms with Crippen LogP contribution in [0.2, 0.25) is 0 Å². The first-order chi connectivity index (χ1) is 14.4. The number of nitrogens with zero attached hydrogens (tertiary/aromatic N) is 3. The third-order valence-electron chi connectivity index (χ3n) is 4.42. The van der Waals surface area contributed by atoms with E-state index in [0.717, 1.165) is 11.3 Å². The van der Waals surface area contributed by atoms with E-state index < -0.39 is 22.8 Å². The van der Waals surface area contributed by atoms with Gasteiger partial charge >= 0.3 is 11.9 Å². The largest absolute Gasteiger partial charge is 0.465 e. The van der Waals surface area contributed by atoms with Crippen LogP contribution >= 0.6 is 11.3 Å². The Hall–Kier alpha value is -3.73. The van der Waals surface area contributed by atoms with Crippen LogP contribution in [0, 0.1) is 10.1 Å². The average Bonchev–Trinajstić information content (AvgIpc) is 3.43. The van der Waals surface area contributed by atoms with Crippen molar-refractivity contribution >= 4 is 35.0 Å². The number of ether oxygens (including phenoxy) is 1. The van der Waals surface area contributed by atoms with Crippen LogP contribution in [0.4, 0.5) is 5.88 Å². The van der Waals surface area contributed by atoms with E-state index in [1.165, 1.54) is 23.0 Å². The molecule has 0 aromatic carbocycles. The van der Waals surface area contributed by atoms with Crippen LogP contribution in [0.1, 0.15) is 31.4 Å². The lowest BCUT2D eigenvalue weighted by Crippen LogP contribution is -2.35. The number of rotatable bonds is 5. The summed E-state index contributed by atoms with van der Waals surface area (Å²) in [5, 5.41) is 11.0. The van der Waals surface area contributed by atoms with Crippen LogP contribution in [-0.2, 0) is 9.53 Å². The highest BCUT2D eigenvalue weighted by atomic mass is 32.1. The number of thiazole rings is 1. The number of carbonyl (C=O) groups excluding carboxylic acids is 1. The highest BCUT2D eigenvalue weighted by Crippen LogP contribution is 2.34. The fourth-order valence-corrected chi connectivity index (χ4v) is 4.13. The zero-order valence-electron chi connectivity index (χ0n) is 15.9. The number of allylic oxidation sites excluding steroid dienone is 1. The summed E-state index contributed by atoms with van der Waals surface area (Å²) in [7, 11) is 0. The fraction of sp³-hybridized carbons (Fsp3) is 0.211. The predicted octanol–water partition coefficient (Wildman–Crippen LogP) is 2.00. The number of aromatic nitrogens is 1. The molecular weight excluding hydrogens is 414 g/mol. The van der Waals surface area contributed by atoms with Gasteiger partial charge in [-0.3, -0.25) is 19.5 Å². The molecule has 11 heteroatoms. The molecule has 30 heavy (non-hydrogen) atoms. The first kappa shape index (κ1) is 19.6. The number of furan rings is 2. The van der Waals surface area contributed by atoms with Gasteiger partial charge in [0.15, 0.2) is 4.80 Å². The summed E-state index contributed by atoms with van der Waals surface area (Å²) >= 11 is 1.11. The summed E-state index contributed by atoms with van der Waals surface area (Å²) < 4.78 is 17.4. The Bertz CT molecular complexity index is 1340. The Morgan fingerprint density at radius 1 is 1.43 bits per heavy atom. The molecule has 4 heterocycles. The quantitative estimate of drug-likeness (QED) is 0.344. The lowest BCUT2D eigenvalue weighted by atomic mass is 10.0. The van der Waals surface area contributed by atoms with Crippen molar-refractivity contribution in [1.82, 2.24) is 4.57 Å². The summed E-state index contributed by atoms with van der Waals surface area (Å²) in [6.07, 6.45) is 3.07. The maximum absolute atomic E-state index is 13.0. The molecule has 4 rings (SSSR count). The Morgan fingerprint density at radius 2 is 2.23 bits per heavy atom. The molecule has 0 amide bonds. The van der Waals surface area contributed by atoms with Gasteiger partial charge < -0.3 is 13.6 Å². The molecule has 0 N–H and O–H groups in total. The molecule has 154 valence electrons. The minimum Gasteiger partial charge on any atom is -0.465 e. The van der Waals surface area contributed by atoms with Crippen LogP contribution in [0.5, 0.6) is 0 Å². The van der Waals surface area contributed by atoms with Gasteiger partial charge in [-0.05, 0) is 32.0 Å². The number of carbonyl (C=O) groups is 1. The van der Waals surface area contributed by atoms with Gasteiger partial charge in [-0.2, -0.15) is 0 Å². The van der Waals surface area contributed by atoms with E-state index in [1.807, 2.05) is 0 Å².